The summed E-state index contributed by atoms with van der Waals surface area (Å²) in [5, 5.41) is 9.50. The van der Waals surface area contributed by atoms with Crippen molar-refractivity contribution in [1.82, 2.24) is 9.97 Å². The SMILES string of the molecule is O=C(O)CCSc1nc(C2CCC2)nc2ccc(C(F)(F)F)cc12. The van der Waals surface area contributed by atoms with Crippen molar-refractivity contribution in [3.63, 3.8) is 0 Å². The maximum absolute atomic E-state index is 13.0. The Kier molecular flexibility index (Phi) is 4.67. The minimum absolute atomic E-state index is 0.0755. The highest BCUT2D eigenvalue weighted by Crippen LogP contribution is 2.38. The van der Waals surface area contributed by atoms with Gasteiger partial charge in [-0.1, -0.05) is 6.42 Å². The van der Waals surface area contributed by atoms with Crippen LogP contribution in [0.15, 0.2) is 23.2 Å². The molecular weight excluding hydrogens is 341 g/mol. The molecule has 1 aliphatic rings. The molecule has 3 rings (SSSR count). The van der Waals surface area contributed by atoms with Crippen LogP contribution in [-0.2, 0) is 11.0 Å². The number of hydrogen-bond donors (Lipinski definition) is 1. The lowest BCUT2D eigenvalue weighted by molar-refractivity contribution is -0.138. The zero-order valence-electron chi connectivity index (χ0n) is 12.6. The van der Waals surface area contributed by atoms with Crippen LogP contribution in [0.2, 0.25) is 0 Å². The van der Waals surface area contributed by atoms with Gasteiger partial charge in [0, 0.05) is 17.1 Å². The molecule has 1 N–H and O–H groups in total. The highest BCUT2D eigenvalue weighted by atomic mass is 32.2. The Morgan fingerprint density at radius 2 is 2.04 bits per heavy atom. The van der Waals surface area contributed by atoms with Gasteiger partial charge in [-0.05, 0) is 31.0 Å². The molecule has 8 heteroatoms. The largest absolute Gasteiger partial charge is 0.481 e. The lowest BCUT2D eigenvalue weighted by Gasteiger charge is -2.24. The monoisotopic (exact) mass is 356 g/mol. The molecule has 0 spiro atoms. The standard InChI is InChI=1S/C16H15F3N2O2S/c17-16(18,19)10-4-5-12-11(8-10)15(24-7-6-13(22)23)21-14(20-12)9-2-1-3-9/h4-5,8-9H,1-3,6-7H2,(H,22,23). The van der Waals surface area contributed by atoms with Crippen molar-refractivity contribution in [2.24, 2.45) is 0 Å². The molecule has 0 atom stereocenters. The number of thioether (sulfide) groups is 1. The van der Waals surface area contributed by atoms with Crippen LogP contribution < -0.4 is 0 Å². The van der Waals surface area contributed by atoms with E-state index in [1.54, 1.807) is 0 Å². The fourth-order valence-corrected chi connectivity index (χ4v) is 3.44. The molecule has 0 saturated heterocycles. The summed E-state index contributed by atoms with van der Waals surface area (Å²) in [4.78, 5) is 19.5. The van der Waals surface area contributed by atoms with Crippen LogP contribution in [0, 0.1) is 0 Å². The summed E-state index contributed by atoms with van der Waals surface area (Å²) in [6.07, 6.45) is -1.46. The van der Waals surface area contributed by atoms with E-state index >= 15 is 0 Å². The first-order valence-corrected chi connectivity index (χ1v) is 8.56. The molecular formula is C16H15F3N2O2S. The van der Waals surface area contributed by atoms with Crippen LogP contribution in [0.25, 0.3) is 10.9 Å². The van der Waals surface area contributed by atoms with E-state index < -0.39 is 17.7 Å². The van der Waals surface area contributed by atoms with Gasteiger partial charge in [0.15, 0.2) is 0 Å². The highest BCUT2D eigenvalue weighted by Gasteiger charge is 2.31. The molecule has 1 saturated carbocycles. The Morgan fingerprint density at radius 1 is 1.29 bits per heavy atom. The number of aromatic nitrogens is 2. The zero-order valence-corrected chi connectivity index (χ0v) is 13.5. The molecule has 0 unspecified atom stereocenters. The first-order chi connectivity index (χ1) is 11.3. The number of carbonyl (C=O) groups is 1. The number of nitrogens with zero attached hydrogens (tertiary/aromatic N) is 2. The van der Waals surface area contributed by atoms with Crippen molar-refractivity contribution in [2.45, 2.75) is 42.8 Å². The van der Waals surface area contributed by atoms with Crippen LogP contribution in [0.5, 0.6) is 0 Å². The Morgan fingerprint density at radius 3 is 2.62 bits per heavy atom. The minimum Gasteiger partial charge on any atom is -0.481 e. The van der Waals surface area contributed by atoms with Gasteiger partial charge in [-0.15, -0.1) is 11.8 Å². The first-order valence-electron chi connectivity index (χ1n) is 7.58. The van der Waals surface area contributed by atoms with Crippen molar-refractivity contribution in [3.8, 4) is 0 Å². The van der Waals surface area contributed by atoms with Crippen LogP contribution in [0.4, 0.5) is 13.2 Å². The van der Waals surface area contributed by atoms with Gasteiger partial charge in [-0.3, -0.25) is 4.79 Å². The number of rotatable bonds is 5. The second kappa shape index (κ2) is 6.58. The van der Waals surface area contributed by atoms with Gasteiger partial charge in [0.1, 0.15) is 10.9 Å². The fraction of sp³-hybridized carbons (Fsp3) is 0.438. The van der Waals surface area contributed by atoms with Crippen molar-refractivity contribution < 1.29 is 23.1 Å². The Labute approximate surface area is 140 Å². The molecule has 128 valence electrons. The van der Waals surface area contributed by atoms with Gasteiger partial charge < -0.3 is 5.11 Å². The molecule has 0 aliphatic heterocycles. The third-order valence-electron chi connectivity index (χ3n) is 4.03. The van der Waals surface area contributed by atoms with Gasteiger partial charge in [0.25, 0.3) is 0 Å². The summed E-state index contributed by atoms with van der Waals surface area (Å²) in [5.74, 6) is 0.194. The van der Waals surface area contributed by atoms with Gasteiger partial charge in [0.2, 0.25) is 0 Å². The topological polar surface area (TPSA) is 63.1 Å². The second-order valence-corrected chi connectivity index (χ2v) is 6.82. The number of hydrogen-bond acceptors (Lipinski definition) is 4. The predicted molar refractivity (Wildman–Crippen MR) is 84.1 cm³/mol. The van der Waals surface area contributed by atoms with E-state index in [0.29, 0.717) is 21.8 Å². The van der Waals surface area contributed by atoms with Crippen LogP contribution in [0.3, 0.4) is 0 Å². The van der Waals surface area contributed by atoms with Crippen molar-refractivity contribution >= 4 is 28.6 Å². The highest BCUT2D eigenvalue weighted by molar-refractivity contribution is 7.99. The van der Waals surface area contributed by atoms with Crippen LogP contribution in [-0.4, -0.2) is 26.8 Å². The number of carboxylic acid groups (broad SMARTS) is 1. The molecule has 1 aromatic heterocycles. The molecule has 0 radical (unpaired) electrons. The Balaban J connectivity index is 2.02. The third kappa shape index (κ3) is 3.63. The molecule has 1 aromatic carbocycles. The zero-order chi connectivity index (χ0) is 17.3. The number of carboxylic acids is 1. The summed E-state index contributed by atoms with van der Waals surface area (Å²) in [6.45, 7) is 0. The van der Waals surface area contributed by atoms with Gasteiger partial charge >= 0.3 is 12.1 Å². The minimum atomic E-state index is -4.44. The molecule has 24 heavy (non-hydrogen) atoms. The predicted octanol–water partition coefficient (Wildman–Crippen LogP) is 4.48. The van der Waals surface area contributed by atoms with Gasteiger partial charge in [-0.25, -0.2) is 9.97 Å². The lowest BCUT2D eigenvalue weighted by atomic mass is 9.85. The number of aliphatic carboxylic acids is 1. The number of alkyl halides is 3. The molecule has 0 amide bonds. The Bertz CT molecular complexity index is 776. The van der Waals surface area contributed by atoms with Gasteiger partial charge in [-0.2, -0.15) is 13.2 Å². The fourth-order valence-electron chi connectivity index (χ4n) is 2.49. The quantitative estimate of drug-likeness (QED) is 0.632. The van der Waals surface area contributed by atoms with Crippen molar-refractivity contribution in [3.05, 3.63) is 29.6 Å². The van der Waals surface area contributed by atoms with Crippen LogP contribution in [0.1, 0.15) is 43.0 Å². The summed E-state index contributed by atoms with van der Waals surface area (Å²) < 4.78 is 38.9. The summed E-state index contributed by atoms with van der Waals surface area (Å²) in [5.41, 5.74) is -0.284. The number of fused-ring (bicyclic) bond motifs is 1. The smallest absolute Gasteiger partial charge is 0.416 e. The van der Waals surface area contributed by atoms with E-state index in [0.717, 1.165) is 43.2 Å². The number of halogens is 3. The molecule has 4 nitrogen and oxygen atoms in total. The van der Waals surface area contributed by atoms with Crippen molar-refractivity contribution in [2.75, 3.05) is 5.75 Å². The molecule has 1 fully saturated rings. The normalized spacial score (nSPS) is 15.5. The summed E-state index contributed by atoms with van der Waals surface area (Å²) in [7, 11) is 0. The van der Waals surface area contributed by atoms with Crippen molar-refractivity contribution in [1.29, 1.82) is 0 Å². The lowest BCUT2D eigenvalue weighted by Crippen LogP contribution is -2.13. The summed E-state index contributed by atoms with van der Waals surface area (Å²) >= 11 is 1.16. The van der Waals surface area contributed by atoms with E-state index in [1.807, 2.05) is 0 Å². The molecule has 1 heterocycles. The van der Waals surface area contributed by atoms with E-state index in [-0.39, 0.29) is 18.1 Å². The van der Waals surface area contributed by atoms with Gasteiger partial charge in [0.05, 0.1) is 17.5 Å². The van der Waals surface area contributed by atoms with E-state index in [1.165, 1.54) is 6.07 Å². The van der Waals surface area contributed by atoms with Crippen LogP contribution >= 0.6 is 11.8 Å². The average molecular weight is 356 g/mol. The van der Waals surface area contributed by atoms with E-state index in [2.05, 4.69) is 9.97 Å². The second-order valence-electron chi connectivity index (χ2n) is 5.74. The molecule has 1 aliphatic carbocycles. The molecule has 2 aromatic rings. The first kappa shape index (κ1) is 17.0. The number of benzene rings is 1. The maximum atomic E-state index is 13.0. The third-order valence-corrected chi connectivity index (χ3v) is 5.02. The maximum Gasteiger partial charge on any atom is 0.416 e. The average Bonchev–Trinajstić information content (AvgIpc) is 2.43. The summed E-state index contributed by atoms with van der Waals surface area (Å²) in [6, 6.07) is 3.43. The van der Waals surface area contributed by atoms with E-state index in [9.17, 15) is 18.0 Å². The molecule has 0 bridgehead atoms. The van der Waals surface area contributed by atoms with E-state index in [4.69, 9.17) is 5.11 Å². The Hall–Kier alpha value is -1.83.